The Bertz CT molecular complexity index is 383. The van der Waals surface area contributed by atoms with Crippen molar-refractivity contribution in [1.29, 1.82) is 0 Å². The second-order valence-electron chi connectivity index (χ2n) is 5.13. The van der Waals surface area contributed by atoms with E-state index in [1.54, 1.807) is 11.3 Å². The molecule has 19 heavy (non-hydrogen) atoms. The fourth-order valence-corrected chi connectivity index (χ4v) is 3.44. The highest BCUT2D eigenvalue weighted by Crippen LogP contribution is 2.25. The van der Waals surface area contributed by atoms with Gasteiger partial charge in [-0.15, -0.1) is 23.7 Å². The lowest BCUT2D eigenvalue weighted by molar-refractivity contribution is -0.123. The summed E-state index contributed by atoms with van der Waals surface area (Å²) in [5.74, 6) is 0.548. The van der Waals surface area contributed by atoms with Crippen molar-refractivity contribution < 1.29 is 4.79 Å². The Hall–Kier alpha value is -0.580. The molecule has 1 aliphatic rings. The SMILES string of the molecule is CC(C(=O)NC1CCCCC1CN)c1cccs1.Cl. The molecule has 2 rings (SSSR count). The van der Waals surface area contributed by atoms with Crippen LogP contribution in [0.5, 0.6) is 0 Å². The number of rotatable bonds is 4. The summed E-state index contributed by atoms with van der Waals surface area (Å²) in [6.45, 7) is 2.65. The third-order valence-electron chi connectivity index (χ3n) is 3.90. The van der Waals surface area contributed by atoms with E-state index in [4.69, 9.17) is 5.73 Å². The molecule has 0 aliphatic heterocycles. The van der Waals surface area contributed by atoms with Crippen molar-refractivity contribution >= 4 is 29.7 Å². The third-order valence-corrected chi connectivity index (χ3v) is 4.96. The van der Waals surface area contributed by atoms with Gasteiger partial charge in [-0.25, -0.2) is 0 Å². The molecular weight excluding hydrogens is 280 g/mol. The van der Waals surface area contributed by atoms with Crippen LogP contribution in [0.25, 0.3) is 0 Å². The fourth-order valence-electron chi connectivity index (χ4n) is 2.65. The van der Waals surface area contributed by atoms with Gasteiger partial charge in [0, 0.05) is 10.9 Å². The number of nitrogens with two attached hydrogens (primary N) is 1. The van der Waals surface area contributed by atoms with Crippen molar-refractivity contribution in [3.63, 3.8) is 0 Å². The van der Waals surface area contributed by atoms with Gasteiger partial charge < -0.3 is 11.1 Å². The molecule has 3 atom stereocenters. The summed E-state index contributed by atoms with van der Waals surface area (Å²) in [6, 6.07) is 4.29. The Morgan fingerprint density at radius 2 is 2.26 bits per heavy atom. The van der Waals surface area contributed by atoms with Gasteiger partial charge in [-0.1, -0.05) is 18.9 Å². The zero-order valence-electron chi connectivity index (χ0n) is 11.3. The molecule has 3 unspecified atom stereocenters. The van der Waals surface area contributed by atoms with Crippen LogP contribution in [0.2, 0.25) is 0 Å². The van der Waals surface area contributed by atoms with Crippen molar-refractivity contribution in [2.24, 2.45) is 11.7 Å². The Morgan fingerprint density at radius 1 is 1.53 bits per heavy atom. The molecule has 1 heterocycles. The lowest BCUT2D eigenvalue weighted by Gasteiger charge is -2.32. The van der Waals surface area contributed by atoms with Crippen molar-refractivity contribution in [2.75, 3.05) is 6.54 Å². The maximum absolute atomic E-state index is 12.2. The first-order chi connectivity index (χ1) is 8.72. The average molecular weight is 303 g/mol. The molecule has 0 spiro atoms. The van der Waals surface area contributed by atoms with E-state index in [2.05, 4.69) is 5.32 Å². The lowest BCUT2D eigenvalue weighted by Crippen LogP contribution is -2.45. The van der Waals surface area contributed by atoms with E-state index in [-0.39, 0.29) is 30.3 Å². The van der Waals surface area contributed by atoms with Crippen LogP contribution in [0.15, 0.2) is 17.5 Å². The van der Waals surface area contributed by atoms with Gasteiger partial charge >= 0.3 is 0 Å². The van der Waals surface area contributed by atoms with Crippen molar-refractivity contribution in [1.82, 2.24) is 5.32 Å². The molecule has 0 saturated heterocycles. The molecule has 1 amide bonds. The Morgan fingerprint density at radius 3 is 2.89 bits per heavy atom. The first-order valence-electron chi connectivity index (χ1n) is 6.76. The third kappa shape index (κ3) is 4.20. The summed E-state index contributed by atoms with van der Waals surface area (Å²) in [7, 11) is 0. The fraction of sp³-hybridized carbons (Fsp3) is 0.643. The summed E-state index contributed by atoms with van der Waals surface area (Å²) >= 11 is 1.64. The summed E-state index contributed by atoms with van der Waals surface area (Å²) in [5.41, 5.74) is 5.79. The molecule has 0 radical (unpaired) electrons. The average Bonchev–Trinajstić information content (AvgIpc) is 2.92. The van der Waals surface area contributed by atoms with E-state index in [9.17, 15) is 4.79 Å². The van der Waals surface area contributed by atoms with Crippen LogP contribution in [0.3, 0.4) is 0 Å². The molecule has 108 valence electrons. The van der Waals surface area contributed by atoms with E-state index in [0.29, 0.717) is 12.5 Å². The minimum atomic E-state index is -0.0506. The van der Waals surface area contributed by atoms with Gasteiger partial charge in [0.15, 0.2) is 0 Å². The van der Waals surface area contributed by atoms with Crippen LogP contribution in [-0.2, 0) is 4.79 Å². The highest BCUT2D eigenvalue weighted by Gasteiger charge is 2.27. The number of nitrogens with one attached hydrogen (secondary N) is 1. The summed E-state index contributed by atoms with van der Waals surface area (Å²) in [6.07, 6.45) is 4.67. The Balaban J connectivity index is 0.00000180. The van der Waals surface area contributed by atoms with Gasteiger partial charge in [0.05, 0.1) is 5.92 Å². The smallest absolute Gasteiger partial charge is 0.228 e. The predicted molar refractivity (Wildman–Crippen MR) is 82.9 cm³/mol. The van der Waals surface area contributed by atoms with E-state index in [1.165, 1.54) is 12.8 Å². The highest BCUT2D eigenvalue weighted by atomic mass is 35.5. The van der Waals surface area contributed by atoms with E-state index >= 15 is 0 Å². The van der Waals surface area contributed by atoms with Gasteiger partial charge in [0.1, 0.15) is 0 Å². The van der Waals surface area contributed by atoms with Crippen LogP contribution in [0.1, 0.15) is 43.4 Å². The number of carbonyl (C=O) groups is 1. The van der Waals surface area contributed by atoms with Crippen molar-refractivity contribution in [2.45, 2.75) is 44.6 Å². The number of thiophene rings is 1. The maximum atomic E-state index is 12.2. The first-order valence-corrected chi connectivity index (χ1v) is 7.64. The van der Waals surface area contributed by atoms with E-state index in [0.717, 1.165) is 17.7 Å². The molecule has 3 N–H and O–H groups in total. The van der Waals surface area contributed by atoms with Gasteiger partial charge in [0.2, 0.25) is 5.91 Å². The van der Waals surface area contributed by atoms with Crippen LogP contribution < -0.4 is 11.1 Å². The molecule has 0 bridgehead atoms. The molecule has 1 aromatic heterocycles. The minimum absolute atomic E-state index is 0. The standard InChI is InChI=1S/C14H22N2OS.ClH/c1-10(13-7-4-8-18-13)14(17)16-12-6-3-2-5-11(12)9-15;/h4,7-8,10-12H,2-3,5-6,9,15H2,1H3,(H,16,17);1H. The summed E-state index contributed by atoms with van der Waals surface area (Å²) in [4.78, 5) is 13.4. The van der Waals surface area contributed by atoms with Crippen molar-refractivity contribution in [3.8, 4) is 0 Å². The molecule has 1 aromatic rings. The highest BCUT2D eigenvalue weighted by molar-refractivity contribution is 7.10. The maximum Gasteiger partial charge on any atom is 0.228 e. The number of carbonyl (C=O) groups excluding carboxylic acids is 1. The topological polar surface area (TPSA) is 55.1 Å². The number of hydrogen-bond donors (Lipinski definition) is 2. The molecule has 3 nitrogen and oxygen atoms in total. The van der Waals surface area contributed by atoms with E-state index < -0.39 is 0 Å². The number of hydrogen-bond acceptors (Lipinski definition) is 3. The van der Waals surface area contributed by atoms with E-state index in [1.807, 2.05) is 24.4 Å². The molecular formula is C14H23ClN2OS. The van der Waals surface area contributed by atoms with Gasteiger partial charge in [-0.05, 0) is 43.7 Å². The van der Waals surface area contributed by atoms with Gasteiger partial charge in [-0.2, -0.15) is 0 Å². The van der Waals surface area contributed by atoms with Crippen LogP contribution in [0, 0.1) is 5.92 Å². The minimum Gasteiger partial charge on any atom is -0.352 e. The first kappa shape index (κ1) is 16.5. The zero-order valence-corrected chi connectivity index (χ0v) is 12.9. The van der Waals surface area contributed by atoms with Crippen LogP contribution in [-0.4, -0.2) is 18.5 Å². The normalized spacial score (nSPS) is 24.3. The second kappa shape index (κ2) is 7.88. The number of halogens is 1. The molecule has 1 saturated carbocycles. The predicted octanol–water partition coefficient (Wildman–Crippen LogP) is 2.91. The molecule has 5 heteroatoms. The Kier molecular flexibility index (Phi) is 6.83. The van der Waals surface area contributed by atoms with Gasteiger partial charge in [0.25, 0.3) is 0 Å². The molecule has 1 fully saturated rings. The number of amides is 1. The zero-order chi connectivity index (χ0) is 13.0. The van der Waals surface area contributed by atoms with Crippen LogP contribution >= 0.6 is 23.7 Å². The largest absolute Gasteiger partial charge is 0.352 e. The monoisotopic (exact) mass is 302 g/mol. The van der Waals surface area contributed by atoms with Crippen LogP contribution in [0.4, 0.5) is 0 Å². The lowest BCUT2D eigenvalue weighted by atomic mass is 9.84. The Labute approximate surface area is 125 Å². The summed E-state index contributed by atoms with van der Waals surface area (Å²) in [5, 5.41) is 5.21. The second-order valence-corrected chi connectivity index (χ2v) is 6.11. The van der Waals surface area contributed by atoms with Crippen molar-refractivity contribution in [3.05, 3.63) is 22.4 Å². The summed E-state index contributed by atoms with van der Waals surface area (Å²) < 4.78 is 0. The molecule has 1 aliphatic carbocycles. The molecule has 0 aromatic carbocycles. The quantitative estimate of drug-likeness (QED) is 0.898. The van der Waals surface area contributed by atoms with Gasteiger partial charge in [-0.3, -0.25) is 4.79 Å².